The predicted octanol–water partition coefficient (Wildman–Crippen LogP) is 1.99. The Bertz CT molecular complexity index is 367. The lowest BCUT2D eigenvalue weighted by Gasteiger charge is -2.37. The van der Waals surface area contributed by atoms with Crippen LogP contribution in [-0.4, -0.2) is 11.7 Å². The Morgan fingerprint density at radius 1 is 1.29 bits per heavy atom. The first kappa shape index (κ1) is 8.30. The van der Waals surface area contributed by atoms with Gasteiger partial charge >= 0.3 is 0 Å². The fraction of sp³-hybridized carbons (Fsp3) is 0.500. The highest BCUT2D eigenvalue weighted by Gasteiger charge is 2.36. The molecule has 0 spiro atoms. The van der Waals surface area contributed by atoms with Crippen LogP contribution in [0.2, 0.25) is 0 Å². The molecule has 0 bridgehead atoms. The van der Waals surface area contributed by atoms with E-state index in [1.165, 1.54) is 5.56 Å². The molecule has 74 valence electrons. The van der Waals surface area contributed by atoms with Crippen molar-refractivity contribution in [3.63, 3.8) is 0 Å². The Balaban J connectivity index is 2.00. The number of hydrogen-bond acceptors (Lipinski definition) is 2. The molecule has 1 saturated carbocycles. The molecular weight excluding hydrogens is 176 g/mol. The summed E-state index contributed by atoms with van der Waals surface area (Å²) >= 11 is 0. The zero-order valence-electron chi connectivity index (χ0n) is 8.12. The highest BCUT2D eigenvalue weighted by molar-refractivity contribution is 5.42. The molecule has 1 aromatic carbocycles. The first-order valence-electron chi connectivity index (χ1n) is 5.27. The second-order valence-corrected chi connectivity index (χ2v) is 4.31. The quantitative estimate of drug-likeness (QED) is 0.733. The maximum absolute atomic E-state index is 10.2. The molecule has 3 rings (SSSR count). The lowest BCUT2D eigenvalue weighted by molar-refractivity contribution is -0.0389. The summed E-state index contributed by atoms with van der Waals surface area (Å²) < 4.78 is 5.49. The molecule has 2 heteroatoms. The summed E-state index contributed by atoms with van der Waals surface area (Å²) in [5.41, 5.74) is 1.75. The van der Waals surface area contributed by atoms with Gasteiger partial charge in [0.25, 0.3) is 0 Å². The average Bonchev–Trinajstić information content (AvgIpc) is 2.60. The zero-order valence-corrected chi connectivity index (χ0v) is 8.12. The minimum absolute atomic E-state index is 0.555. The van der Waals surface area contributed by atoms with Crippen molar-refractivity contribution in [2.45, 2.75) is 31.3 Å². The summed E-state index contributed by atoms with van der Waals surface area (Å²) in [6.07, 6.45) is 3.93. The second-order valence-electron chi connectivity index (χ2n) is 4.31. The third-order valence-electron chi connectivity index (χ3n) is 3.41. The van der Waals surface area contributed by atoms with Crippen LogP contribution < -0.4 is 4.74 Å². The third kappa shape index (κ3) is 1.07. The van der Waals surface area contributed by atoms with Gasteiger partial charge in [-0.1, -0.05) is 12.1 Å². The van der Waals surface area contributed by atoms with Crippen LogP contribution in [-0.2, 0) is 12.0 Å². The molecule has 1 fully saturated rings. The third-order valence-corrected chi connectivity index (χ3v) is 3.41. The van der Waals surface area contributed by atoms with Gasteiger partial charge in [0, 0.05) is 6.42 Å². The molecule has 0 atom stereocenters. The Kier molecular flexibility index (Phi) is 1.62. The molecule has 0 saturated heterocycles. The van der Waals surface area contributed by atoms with Crippen molar-refractivity contribution in [3.05, 3.63) is 29.3 Å². The van der Waals surface area contributed by atoms with Crippen LogP contribution in [0, 0.1) is 0 Å². The molecule has 1 N–H and O–H groups in total. The van der Waals surface area contributed by atoms with E-state index in [0.717, 1.165) is 43.6 Å². The van der Waals surface area contributed by atoms with Gasteiger partial charge in [-0.15, -0.1) is 0 Å². The minimum Gasteiger partial charge on any atom is -0.493 e. The summed E-state index contributed by atoms with van der Waals surface area (Å²) in [5, 5.41) is 10.2. The maximum atomic E-state index is 10.2. The average molecular weight is 190 g/mol. The molecule has 2 aliphatic rings. The van der Waals surface area contributed by atoms with Crippen LogP contribution >= 0.6 is 0 Å². The van der Waals surface area contributed by atoms with Crippen molar-refractivity contribution in [2.24, 2.45) is 0 Å². The molecule has 1 aliphatic carbocycles. The van der Waals surface area contributed by atoms with Gasteiger partial charge in [0.15, 0.2) is 0 Å². The molecule has 0 amide bonds. The summed E-state index contributed by atoms with van der Waals surface area (Å²) in [6.45, 7) is 0.789. The van der Waals surface area contributed by atoms with Gasteiger partial charge in [-0.3, -0.25) is 0 Å². The van der Waals surface area contributed by atoms with E-state index >= 15 is 0 Å². The topological polar surface area (TPSA) is 29.5 Å². The number of fused-ring (bicyclic) bond motifs is 1. The van der Waals surface area contributed by atoms with Gasteiger partial charge in [-0.25, -0.2) is 0 Å². The Hall–Kier alpha value is -1.02. The fourth-order valence-electron chi connectivity index (χ4n) is 2.26. The van der Waals surface area contributed by atoms with Crippen molar-refractivity contribution in [2.75, 3.05) is 6.61 Å². The van der Waals surface area contributed by atoms with Gasteiger partial charge in [-0.05, 0) is 36.5 Å². The maximum Gasteiger partial charge on any atom is 0.123 e. The van der Waals surface area contributed by atoms with E-state index in [-0.39, 0.29) is 0 Å². The molecule has 2 nitrogen and oxygen atoms in total. The van der Waals surface area contributed by atoms with Crippen molar-refractivity contribution >= 4 is 0 Å². The van der Waals surface area contributed by atoms with Gasteiger partial charge in [0.2, 0.25) is 0 Å². The largest absolute Gasteiger partial charge is 0.493 e. The standard InChI is InChI=1S/C12H14O2/c13-12(5-1-6-12)10-3-2-9-4-7-14-11(9)8-10/h2-3,8,13H,1,4-7H2. The van der Waals surface area contributed by atoms with Crippen molar-refractivity contribution in [1.29, 1.82) is 0 Å². The molecule has 0 radical (unpaired) electrons. The van der Waals surface area contributed by atoms with E-state index in [0.29, 0.717) is 0 Å². The number of hydrogen-bond donors (Lipinski definition) is 1. The summed E-state index contributed by atoms with van der Waals surface area (Å²) in [5.74, 6) is 0.975. The highest BCUT2D eigenvalue weighted by Crippen LogP contribution is 2.42. The molecule has 1 aliphatic heterocycles. The molecule has 0 aromatic heterocycles. The van der Waals surface area contributed by atoms with E-state index < -0.39 is 5.60 Å². The molecule has 0 unspecified atom stereocenters. The number of rotatable bonds is 1. The van der Waals surface area contributed by atoms with Crippen molar-refractivity contribution < 1.29 is 9.84 Å². The van der Waals surface area contributed by atoms with Gasteiger partial charge < -0.3 is 9.84 Å². The van der Waals surface area contributed by atoms with E-state index in [1.54, 1.807) is 0 Å². The first-order valence-corrected chi connectivity index (χ1v) is 5.27. The van der Waals surface area contributed by atoms with E-state index in [1.807, 2.05) is 12.1 Å². The Labute approximate surface area is 83.5 Å². The highest BCUT2D eigenvalue weighted by atomic mass is 16.5. The van der Waals surface area contributed by atoms with Gasteiger partial charge in [0.1, 0.15) is 5.75 Å². The predicted molar refractivity (Wildman–Crippen MR) is 53.4 cm³/mol. The molecular formula is C12H14O2. The number of ether oxygens (including phenoxy) is 1. The Morgan fingerprint density at radius 3 is 2.86 bits per heavy atom. The monoisotopic (exact) mass is 190 g/mol. The lowest BCUT2D eigenvalue weighted by atomic mass is 9.75. The van der Waals surface area contributed by atoms with Gasteiger partial charge in [0.05, 0.1) is 12.2 Å². The van der Waals surface area contributed by atoms with Crippen LogP contribution in [0.15, 0.2) is 18.2 Å². The van der Waals surface area contributed by atoms with Crippen LogP contribution in [0.3, 0.4) is 0 Å². The summed E-state index contributed by atoms with van der Waals surface area (Å²) in [6, 6.07) is 6.15. The van der Waals surface area contributed by atoms with Gasteiger partial charge in [-0.2, -0.15) is 0 Å². The van der Waals surface area contributed by atoms with Crippen LogP contribution in [0.5, 0.6) is 5.75 Å². The molecule has 1 aromatic rings. The number of aliphatic hydroxyl groups is 1. The molecule has 1 heterocycles. The Morgan fingerprint density at radius 2 is 2.14 bits per heavy atom. The second kappa shape index (κ2) is 2.74. The van der Waals surface area contributed by atoms with Crippen LogP contribution in [0.1, 0.15) is 30.4 Å². The van der Waals surface area contributed by atoms with E-state index in [4.69, 9.17) is 4.74 Å². The van der Waals surface area contributed by atoms with E-state index in [2.05, 4.69) is 6.07 Å². The zero-order chi connectivity index (χ0) is 9.60. The molecule has 14 heavy (non-hydrogen) atoms. The SMILES string of the molecule is OC1(c2ccc3c(c2)OCC3)CCC1. The first-order chi connectivity index (χ1) is 6.78. The normalized spacial score (nSPS) is 22.4. The summed E-state index contributed by atoms with van der Waals surface area (Å²) in [4.78, 5) is 0. The summed E-state index contributed by atoms with van der Waals surface area (Å²) in [7, 11) is 0. The van der Waals surface area contributed by atoms with Crippen LogP contribution in [0.4, 0.5) is 0 Å². The smallest absolute Gasteiger partial charge is 0.123 e. The lowest BCUT2D eigenvalue weighted by Crippen LogP contribution is -2.33. The van der Waals surface area contributed by atoms with E-state index in [9.17, 15) is 5.11 Å². The van der Waals surface area contributed by atoms with Crippen molar-refractivity contribution in [3.8, 4) is 5.75 Å². The fourth-order valence-corrected chi connectivity index (χ4v) is 2.26. The minimum atomic E-state index is -0.555. The van der Waals surface area contributed by atoms with Crippen molar-refractivity contribution in [1.82, 2.24) is 0 Å². The van der Waals surface area contributed by atoms with Crippen LogP contribution in [0.25, 0.3) is 0 Å². The number of benzene rings is 1.